The maximum atomic E-state index is 9.94. The van der Waals surface area contributed by atoms with E-state index in [2.05, 4.69) is 6.58 Å². The summed E-state index contributed by atoms with van der Waals surface area (Å²) in [6, 6.07) is 3.80. The second kappa shape index (κ2) is 6.18. The molecule has 0 amide bonds. The highest BCUT2D eigenvalue weighted by molar-refractivity contribution is 5.49. The van der Waals surface area contributed by atoms with Gasteiger partial charge in [-0.15, -0.1) is 6.58 Å². The summed E-state index contributed by atoms with van der Waals surface area (Å²) in [6.45, 7) is 6.68. The number of hydrogen-bond acceptors (Lipinski definition) is 3. The summed E-state index contributed by atoms with van der Waals surface area (Å²) in [6.07, 6.45) is 3.17. The van der Waals surface area contributed by atoms with E-state index in [1.807, 2.05) is 19.1 Å². The van der Waals surface area contributed by atoms with Crippen molar-refractivity contribution in [2.45, 2.75) is 19.8 Å². The Morgan fingerprint density at radius 3 is 2.81 bits per heavy atom. The normalized spacial score (nSPS) is 10.1. The van der Waals surface area contributed by atoms with Crippen LogP contribution >= 0.6 is 0 Å². The summed E-state index contributed by atoms with van der Waals surface area (Å²) in [5, 5.41) is 9.94. The minimum atomic E-state index is 0.211. The maximum Gasteiger partial charge on any atom is 0.161 e. The fourth-order valence-electron chi connectivity index (χ4n) is 1.62. The largest absolute Gasteiger partial charge is 0.504 e. The summed E-state index contributed by atoms with van der Waals surface area (Å²) in [5.41, 5.74) is 7.44. The van der Waals surface area contributed by atoms with Crippen molar-refractivity contribution >= 4 is 0 Å². The molecule has 88 valence electrons. The lowest BCUT2D eigenvalue weighted by atomic mass is 10.0. The number of aromatic hydroxyl groups is 1. The Bertz CT molecular complexity index is 361. The molecule has 0 aliphatic heterocycles. The van der Waals surface area contributed by atoms with Gasteiger partial charge in [0.05, 0.1) is 6.61 Å². The monoisotopic (exact) mass is 221 g/mol. The molecule has 0 radical (unpaired) electrons. The van der Waals surface area contributed by atoms with E-state index in [0.717, 1.165) is 17.5 Å². The van der Waals surface area contributed by atoms with Gasteiger partial charge in [0.25, 0.3) is 0 Å². The van der Waals surface area contributed by atoms with Crippen molar-refractivity contribution in [3.63, 3.8) is 0 Å². The fourth-order valence-corrected chi connectivity index (χ4v) is 1.62. The molecule has 0 aromatic heterocycles. The molecule has 0 unspecified atom stereocenters. The predicted octanol–water partition coefficient (Wildman–Crippen LogP) is 2.02. The molecule has 0 atom stereocenters. The van der Waals surface area contributed by atoms with Crippen LogP contribution in [0.1, 0.15) is 18.1 Å². The number of nitrogens with two attached hydrogens (primary N) is 1. The van der Waals surface area contributed by atoms with E-state index >= 15 is 0 Å². The quantitative estimate of drug-likeness (QED) is 0.723. The number of benzene rings is 1. The first-order chi connectivity index (χ1) is 7.72. The molecule has 0 fully saturated rings. The van der Waals surface area contributed by atoms with E-state index in [9.17, 15) is 5.11 Å². The van der Waals surface area contributed by atoms with Crippen LogP contribution in [0.2, 0.25) is 0 Å². The highest BCUT2D eigenvalue weighted by Crippen LogP contribution is 2.32. The highest BCUT2D eigenvalue weighted by Gasteiger charge is 2.09. The van der Waals surface area contributed by atoms with Crippen LogP contribution in [-0.2, 0) is 12.8 Å². The molecule has 16 heavy (non-hydrogen) atoms. The first kappa shape index (κ1) is 12.6. The number of rotatable bonds is 6. The van der Waals surface area contributed by atoms with E-state index < -0.39 is 0 Å². The van der Waals surface area contributed by atoms with Crippen molar-refractivity contribution in [3.05, 3.63) is 35.9 Å². The number of phenolic OH excluding ortho intramolecular Hbond substituents is 1. The van der Waals surface area contributed by atoms with Gasteiger partial charge in [0.2, 0.25) is 0 Å². The van der Waals surface area contributed by atoms with Gasteiger partial charge < -0.3 is 15.6 Å². The van der Waals surface area contributed by atoms with Gasteiger partial charge in [0, 0.05) is 5.56 Å². The van der Waals surface area contributed by atoms with Gasteiger partial charge in [0.1, 0.15) is 0 Å². The van der Waals surface area contributed by atoms with Gasteiger partial charge in [-0.1, -0.05) is 12.1 Å². The van der Waals surface area contributed by atoms with Gasteiger partial charge >= 0.3 is 0 Å². The molecule has 0 heterocycles. The zero-order chi connectivity index (χ0) is 12.0. The zero-order valence-electron chi connectivity index (χ0n) is 9.70. The molecule has 0 saturated carbocycles. The number of ether oxygens (including phenoxy) is 1. The number of allylic oxidation sites excluding steroid dienone is 1. The fraction of sp³-hybridized carbons (Fsp3) is 0.385. The van der Waals surface area contributed by atoms with E-state index in [1.54, 1.807) is 6.08 Å². The van der Waals surface area contributed by atoms with Gasteiger partial charge in [-0.2, -0.15) is 0 Å². The smallest absolute Gasteiger partial charge is 0.161 e. The van der Waals surface area contributed by atoms with Crippen molar-refractivity contribution in [3.8, 4) is 11.5 Å². The van der Waals surface area contributed by atoms with Crippen molar-refractivity contribution in [2.75, 3.05) is 13.2 Å². The summed E-state index contributed by atoms with van der Waals surface area (Å²) in [7, 11) is 0. The Hall–Kier alpha value is -1.48. The molecule has 1 aromatic rings. The SMILES string of the molecule is C=CCc1cc(CCN)cc(OCC)c1O. The summed E-state index contributed by atoms with van der Waals surface area (Å²) < 4.78 is 5.39. The molecule has 0 bridgehead atoms. The number of hydrogen-bond donors (Lipinski definition) is 2. The standard InChI is InChI=1S/C13H19NO2/c1-3-5-11-8-10(6-7-14)9-12(13(11)15)16-4-2/h3,8-9,15H,1,4-7,14H2,2H3. The molecule has 3 N–H and O–H groups in total. The molecular weight excluding hydrogens is 202 g/mol. The number of phenols is 1. The summed E-state index contributed by atoms with van der Waals surface area (Å²) in [4.78, 5) is 0. The lowest BCUT2D eigenvalue weighted by Gasteiger charge is -2.12. The first-order valence-corrected chi connectivity index (χ1v) is 5.51. The molecule has 1 rings (SSSR count). The molecule has 3 heteroatoms. The van der Waals surface area contributed by atoms with E-state index in [-0.39, 0.29) is 5.75 Å². The third kappa shape index (κ3) is 3.00. The highest BCUT2D eigenvalue weighted by atomic mass is 16.5. The topological polar surface area (TPSA) is 55.5 Å². The predicted molar refractivity (Wildman–Crippen MR) is 65.9 cm³/mol. The average Bonchev–Trinajstić information content (AvgIpc) is 2.26. The first-order valence-electron chi connectivity index (χ1n) is 5.51. The second-order valence-corrected chi connectivity index (χ2v) is 3.57. The molecule has 3 nitrogen and oxygen atoms in total. The Balaban J connectivity index is 3.10. The molecule has 0 saturated heterocycles. The molecular formula is C13H19NO2. The molecule has 0 aliphatic rings. The molecule has 1 aromatic carbocycles. The van der Waals surface area contributed by atoms with Crippen LogP contribution in [0.25, 0.3) is 0 Å². The van der Waals surface area contributed by atoms with Crippen LogP contribution in [0.3, 0.4) is 0 Å². The van der Waals surface area contributed by atoms with Gasteiger partial charge in [0.15, 0.2) is 11.5 Å². The Kier molecular flexibility index (Phi) is 4.86. The van der Waals surface area contributed by atoms with Crippen LogP contribution in [0.4, 0.5) is 0 Å². The van der Waals surface area contributed by atoms with Crippen LogP contribution in [0, 0.1) is 0 Å². The molecule has 0 spiro atoms. The van der Waals surface area contributed by atoms with E-state index in [0.29, 0.717) is 25.3 Å². The van der Waals surface area contributed by atoms with Crippen molar-refractivity contribution in [1.29, 1.82) is 0 Å². The van der Waals surface area contributed by atoms with Crippen LogP contribution < -0.4 is 10.5 Å². The minimum Gasteiger partial charge on any atom is -0.504 e. The van der Waals surface area contributed by atoms with E-state index in [4.69, 9.17) is 10.5 Å². The van der Waals surface area contributed by atoms with Crippen LogP contribution in [0.5, 0.6) is 11.5 Å². The van der Waals surface area contributed by atoms with Crippen molar-refractivity contribution in [2.24, 2.45) is 5.73 Å². The summed E-state index contributed by atoms with van der Waals surface area (Å²) >= 11 is 0. The summed E-state index contributed by atoms with van der Waals surface area (Å²) in [5.74, 6) is 0.743. The second-order valence-electron chi connectivity index (χ2n) is 3.57. The van der Waals surface area contributed by atoms with Crippen LogP contribution in [0.15, 0.2) is 24.8 Å². The minimum absolute atomic E-state index is 0.211. The maximum absolute atomic E-state index is 9.94. The van der Waals surface area contributed by atoms with Crippen LogP contribution in [-0.4, -0.2) is 18.3 Å². The third-order valence-electron chi connectivity index (χ3n) is 2.31. The Morgan fingerprint density at radius 2 is 2.25 bits per heavy atom. The lowest BCUT2D eigenvalue weighted by molar-refractivity contribution is 0.316. The Labute approximate surface area is 96.5 Å². The Morgan fingerprint density at radius 1 is 1.50 bits per heavy atom. The van der Waals surface area contributed by atoms with Gasteiger partial charge in [-0.3, -0.25) is 0 Å². The van der Waals surface area contributed by atoms with E-state index in [1.165, 1.54) is 0 Å². The van der Waals surface area contributed by atoms with Crippen molar-refractivity contribution < 1.29 is 9.84 Å². The van der Waals surface area contributed by atoms with Gasteiger partial charge in [-0.25, -0.2) is 0 Å². The third-order valence-corrected chi connectivity index (χ3v) is 2.31. The van der Waals surface area contributed by atoms with Gasteiger partial charge in [-0.05, 0) is 37.9 Å². The lowest BCUT2D eigenvalue weighted by Crippen LogP contribution is -2.04. The average molecular weight is 221 g/mol. The van der Waals surface area contributed by atoms with Crippen molar-refractivity contribution in [1.82, 2.24) is 0 Å². The zero-order valence-corrected chi connectivity index (χ0v) is 9.70. The molecule has 0 aliphatic carbocycles.